The predicted molar refractivity (Wildman–Crippen MR) is 86.4 cm³/mol. The molecule has 0 aliphatic rings. The Hall–Kier alpha value is -2.51. The second-order valence-electron chi connectivity index (χ2n) is 4.70. The topological polar surface area (TPSA) is 79.2 Å². The SMILES string of the molecule is COc1cccc(C(O)N(C(=O)O)c2ccc(Cl)cc2F)c1OC. The van der Waals surface area contributed by atoms with E-state index in [0.717, 1.165) is 6.07 Å². The lowest BCUT2D eigenvalue weighted by atomic mass is 10.1. The Morgan fingerprint density at radius 1 is 1.25 bits per heavy atom. The molecule has 2 N–H and O–H groups in total. The van der Waals surface area contributed by atoms with E-state index in [0.29, 0.717) is 10.6 Å². The molecule has 6 nitrogen and oxygen atoms in total. The minimum atomic E-state index is -1.72. The van der Waals surface area contributed by atoms with E-state index in [2.05, 4.69) is 0 Å². The maximum atomic E-state index is 14.1. The number of amides is 1. The van der Waals surface area contributed by atoms with Crippen LogP contribution in [-0.2, 0) is 0 Å². The van der Waals surface area contributed by atoms with Crippen molar-refractivity contribution >= 4 is 23.4 Å². The van der Waals surface area contributed by atoms with E-state index < -0.39 is 18.1 Å². The molecule has 0 bridgehead atoms. The summed E-state index contributed by atoms with van der Waals surface area (Å²) in [7, 11) is 2.75. The maximum Gasteiger partial charge on any atom is 0.414 e. The molecule has 0 spiro atoms. The highest BCUT2D eigenvalue weighted by molar-refractivity contribution is 6.30. The highest BCUT2D eigenvalue weighted by Crippen LogP contribution is 2.38. The first-order chi connectivity index (χ1) is 11.4. The average Bonchev–Trinajstić information content (AvgIpc) is 2.55. The third-order valence-electron chi connectivity index (χ3n) is 3.33. The highest BCUT2D eigenvalue weighted by Gasteiger charge is 2.30. The summed E-state index contributed by atoms with van der Waals surface area (Å²) in [5.41, 5.74) is -0.238. The molecule has 1 amide bonds. The van der Waals surface area contributed by atoms with Gasteiger partial charge in [-0.2, -0.15) is 0 Å². The largest absolute Gasteiger partial charge is 0.493 e. The molecule has 1 unspecified atom stereocenters. The molecule has 8 heteroatoms. The van der Waals surface area contributed by atoms with Gasteiger partial charge in [0.2, 0.25) is 0 Å². The number of rotatable bonds is 5. The second-order valence-corrected chi connectivity index (χ2v) is 5.14. The van der Waals surface area contributed by atoms with Crippen LogP contribution in [0.3, 0.4) is 0 Å². The van der Waals surface area contributed by atoms with Crippen LogP contribution >= 0.6 is 11.6 Å². The fourth-order valence-electron chi connectivity index (χ4n) is 2.27. The molecule has 24 heavy (non-hydrogen) atoms. The van der Waals surface area contributed by atoms with Gasteiger partial charge in [0, 0.05) is 10.6 Å². The first-order valence-corrected chi connectivity index (χ1v) is 7.14. The van der Waals surface area contributed by atoms with Crippen molar-refractivity contribution in [2.75, 3.05) is 19.1 Å². The van der Waals surface area contributed by atoms with Crippen LogP contribution in [-0.4, -0.2) is 30.5 Å². The summed E-state index contributed by atoms with van der Waals surface area (Å²) in [5, 5.41) is 20.1. The number of aliphatic hydroxyl groups is 1. The fraction of sp³-hybridized carbons (Fsp3) is 0.188. The molecule has 2 aromatic rings. The van der Waals surface area contributed by atoms with Gasteiger partial charge in [0.05, 0.1) is 19.9 Å². The van der Waals surface area contributed by atoms with Crippen molar-refractivity contribution in [3.05, 3.63) is 52.8 Å². The number of benzene rings is 2. The summed E-state index contributed by atoms with van der Waals surface area (Å²) in [6.07, 6.45) is -3.27. The van der Waals surface area contributed by atoms with Gasteiger partial charge < -0.3 is 19.7 Å². The van der Waals surface area contributed by atoms with E-state index >= 15 is 0 Å². The summed E-state index contributed by atoms with van der Waals surface area (Å²) in [6, 6.07) is 8.05. The lowest BCUT2D eigenvalue weighted by Gasteiger charge is -2.27. The van der Waals surface area contributed by atoms with E-state index in [1.165, 1.54) is 32.4 Å². The number of para-hydroxylation sites is 1. The van der Waals surface area contributed by atoms with Crippen molar-refractivity contribution < 1.29 is 28.9 Å². The quantitative estimate of drug-likeness (QED) is 0.800. The van der Waals surface area contributed by atoms with Crippen LogP contribution < -0.4 is 14.4 Å². The Morgan fingerprint density at radius 2 is 1.96 bits per heavy atom. The molecule has 0 aliphatic heterocycles. The van der Waals surface area contributed by atoms with Gasteiger partial charge in [0.25, 0.3) is 0 Å². The van der Waals surface area contributed by atoms with Crippen LogP contribution in [0.15, 0.2) is 36.4 Å². The van der Waals surface area contributed by atoms with Crippen LogP contribution in [0.1, 0.15) is 11.8 Å². The number of halogens is 2. The fourth-order valence-corrected chi connectivity index (χ4v) is 2.43. The maximum absolute atomic E-state index is 14.1. The molecule has 0 heterocycles. The third kappa shape index (κ3) is 3.37. The van der Waals surface area contributed by atoms with Crippen molar-refractivity contribution in [1.82, 2.24) is 0 Å². The number of nitrogens with zero attached hydrogens (tertiary/aromatic N) is 1. The lowest BCUT2D eigenvalue weighted by Crippen LogP contribution is -2.34. The second kappa shape index (κ2) is 7.37. The number of methoxy groups -OCH3 is 2. The zero-order chi connectivity index (χ0) is 17.9. The molecule has 2 aromatic carbocycles. The molecule has 2 rings (SSSR count). The van der Waals surface area contributed by atoms with Gasteiger partial charge in [-0.05, 0) is 24.3 Å². The number of carbonyl (C=O) groups is 1. The Labute approximate surface area is 142 Å². The number of carboxylic acid groups (broad SMARTS) is 1. The van der Waals surface area contributed by atoms with Crippen LogP contribution in [0, 0.1) is 5.82 Å². The molecule has 0 aliphatic carbocycles. The Balaban J connectivity index is 2.55. The number of hydrogen-bond donors (Lipinski definition) is 2. The summed E-state index contributed by atoms with van der Waals surface area (Å²) >= 11 is 5.68. The zero-order valence-electron chi connectivity index (χ0n) is 12.9. The van der Waals surface area contributed by atoms with Crippen LogP contribution in [0.5, 0.6) is 11.5 Å². The van der Waals surface area contributed by atoms with E-state index in [9.17, 15) is 19.4 Å². The van der Waals surface area contributed by atoms with Crippen molar-refractivity contribution in [2.24, 2.45) is 0 Å². The first kappa shape index (κ1) is 17.8. The van der Waals surface area contributed by atoms with Gasteiger partial charge in [0.1, 0.15) is 5.82 Å². The van der Waals surface area contributed by atoms with Gasteiger partial charge in [0.15, 0.2) is 17.7 Å². The Bertz CT molecular complexity index is 755. The lowest BCUT2D eigenvalue weighted by molar-refractivity contribution is 0.145. The average molecular weight is 356 g/mol. The predicted octanol–water partition coefficient (Wildman–Crippen LogP) is 3.67. The van der Waals surface area contributed by atoms with E-state index in [1.54, 1.807) is 12.1 Å². The van der Waals surface area contributed by atoms with Crippen molar-refractivity contribution in [1.29, 1.82) is 0 Å². The minimum absolute atomic E-state index is 0.105. The number of hydrogen-bond acceptors (Lipinski definition) is 4. The highest BCUT2D eigenvalue weighted by atomic mass is 35.5. The zero-order valence-corrected chi connectivity index (χ0v) is 13.6. The molecule has 0 fully saturated rings. The molecule has 0 saturated carbocycles. The molecule has 0 radical (unpaired) electrons. The van der Waals surface area contributed by atoms with E-state index in [1.807, 2.05) is 0 Å². The summed E-state index contributed by atoms with van der Waals surface area (Å²) in [6.45, 7) is 0. The van der Waals surface area contributed by atoms with Crippen LogP contribution in [0.4, 0.5) is 14.9 Å². The number of anilines is 1. The summed E-state index contributed by atoms with van der Waals surface area (Å²) in [5.74, 6) is -0.435. The Morgan fingerprint density at radius 3 is 2.50 bits per heavy atom. The van der Waals surface area contributed by atoms with Gasteiger partial charge in [-0.15, -0.1) is 0 Å². The molecular weight excluding hydrogens is 341 g/mol. The monoisotopic (exact) mass is 355 g/mol. The molecule has 0 saturated heterocycles. The summed E-state index contributed by atoms with van der Waals surface area (Å²) < 4.78 is 24.4. The Kier molecular flexibility index (Phi) is 5.48. The van der Waals surface area contributed by atoms with E-state index in [4.69, 9.17) is 21.1 Å². The van der Waals surface area contributed by atoms with Gasteiger partial charge >= 0.3 is 6.09 Å². The molecule has 1 atom stereocenters. The van der Waals surface area contributed by atoms with Crippen molar-refractivity contribution in [3.8, 4) is 11.5 Å². The van der Waals surface area contributed by atoms with E-state index in [-0.39, 0.29) is 22.0 Å². The van der Waals surface area contributed by atoms with Crippen LogP contribution in [0.2, 0.25) is 5.02 Å². The molecule has 128 valence electrons. The summed E-state index contributed by atoms with van der Waals surface area (Å²) in [4.78, 5) is 12.1. The first-order valence-electron chi connectivity index (χ1n) is 6.76. The van der Waals surface area contributed by atoms with Crippen molar-refractivity contribution in [2.45, 2.75) is 6.23 Å². The minimum Gasteiger partial charge on any atom is -0.493 e. The normalized spacial score (nSPS) is 11.7. The van der Waals surface area contributed by atoms with Gasteiger partial charge in [-0.1, -0.05) is 23.7 Å². The molecular formula is C16H15ClFNO5. The van der Waals surface area contributed by atoms with Gasteiger partial charge in [-0.25, -0.2) is 14.1 Å². The smallest absolute Gasteiger partial charge is 0.414 e. The number of aliphatic hydroxyl groups excluding tert-OH is 1. The number of ether oxygens (including phenoxy) is 2. The third-order valence-corrected chi connectivity index (χ3v) is 3.57. The molecule has 0 aromatic heterocycles. The van der Waals surface area contributed by atoms with Crippen LogP contribution in [0.25, 0.3) is 0 Å². The van der Waals surface area contributed by atoms with Crippen molar-refractivity contribution in [3.63, 3.8) is 0 Å². The van der Waals surface area contributed by atoms with Gasteiger partial charge in [-0.3, -0.25) is 0 Å². The standard InChI is InChI=1S/C16H15ClFNO5/c1-23-13-5-3-4-10(14(13)24-2)15(20)19(16(21)22)12-7-6-9(17)8-11(12)18/h3-8,15,20H,1-2H3,(H,21,22).